The zero-order valence-electron chi connectivity index (χ0n) is 14.8. The molecule has 0 saturated carbocycles. The molecule has 26 heavy (non-hydrogen) atoms. The average molecular weight is 377 g/mol. The lowest BCUT2D eigenvalue weighted by atomic mass is 9.95. The highest BCUT2D eigenvalue weighted by Crippen LogP contribution is 2.19. The predicted octanol–water partition coefficient (Wildman–Crippen LogP) is 2.89. The van der Waals surface area contributed by atoms with Gasteiger partial charge in [0, 0.05) is 43.3 Å². The van der Waals surface area contributed by atoms with Crippen molar-refractivity contribution in [3.63, 3.8) is 0 Å². The van der Waals surface area contributed by atoms with E-state index in [2.05, 4.69) is 5.32 Å². The van der Waals surface area contributed by atoms with E-state index in [1.54, 1.807) is 29.2 Å². The second-order valence-corrected chi connectivity index (χ2v) is 7.30. The van der Waals surface area contributed by atoms with Gasteiger partial charge in [0.2, 0.25) is 11.8 Å². The zero-order chi connectivity index (χ0) is 18.4. The van der Waals surface area contributed by atoms with Crippen molar-refractivity contribution in [2.75, 3.05) is 26.2 Å². The molecule has 140 valence electrons. The first-order chi connectivity index (χ1) is 12.6. The molecule has 6 heteroatoms. The predicted molar refractivity (Wildman–Crippen MR) is 102 cm³/mol. The number of nitrogens with one attached hydrogen (secondary N) is 1. The number of amides is 2. The van der Waals surface area contributed by atoms with Crippen LogP contribution < -0.4 is 5.32 Å². The third-order valence-electron chi connectivity index (χ3n) is 4.99. The van der Waals surface area contributed by atoms with Gasteiger partial charge in [-0.15, -0.1) is 0 Å². The molecule has 0 spiro atoms. The zero-order valence-corrected chi connectivity index (χ0v) is 15.6. The van der Waals surface area contributed by atoms with Gasteiger partial charge in [0.1, 0.15) is 0 Å². The molecule has 1 atom stereocenters. The van der Waals surface area contributed by atoms with Crippen molar-refractivity contribution < 1.29 is 14.3 Å². The summed E-state index contributed by atoms with van der Waals surface area (Å²) in [5.74, 6) is 0.0585. The number of rotatable bonds is 5. The fourth-order valence-corrected chi connectivity index (χ4v) is 3.50. The summed E-state index contributed by atoms with van der Waals surface area (Å²) in [6.07, 6.45) is 7.05. The number of halogens is 1. The summed E-state index contributed by atoms with van der Waals surface area (Å²) in [5, 5.41) is 3.67. The number of likely N-dealkylation sites (tertiary alicyclic amines) is 1. The van der Waals surface area contributed by atoms with Crippen LogP contribution in [0.3, 0.4) is 0 Å². The average Bonchev–Trinajstić information content (AvgIpc) is 3.19. The molecule has 1 unspecified atom stereocenters. The SMILES string of the molecule is O=C(NCC1CCCO1)C1CCN(C(=O)/C=C/c2ccc(Cl)cc2)CC1. The molecule has 0 bridgehead atoms. The molecule has 2 aliphatic rings. The summed E-state index contributed by atoms with van der Waals surface area (Å²) < 4.78 is 5.53. The van der Waals surface area contributed by atoms with Crippen LogP contribution in [0.5, 0.6) is 0 Å². The Kier molecular flexibility index (Phi) is 6.69. The highest BCUT2D eigenvalue weighted by Gasteiger charge is 2.27. The van der Waals surface area contributed by atoms with Crippen molar-refractivity contribution in [1.82, 2.24) is 10.2 Å². The normalized spacial score (nSPS) is 21.3. The molecule has 1 N–H and O–H groups in total. The van der Waals surface area contributed by atoms with Crippen LogP contribution in [-0.4, -0.2) is 49.1 Å². The Bertz CT molecular complexity index is 646. The molecule has 5 nitrogen and oxygen atoms in total. The van der Waals surface area contributed by atoms with E-state index in [1.807, 2.05) is 12.1 Å². The molecule has 0 aliphatic carbocycles. The topological polar surface area (TPSA) is 58.6 Å². The number of ether oxygens (including phenoxy) is 1. The third kappa shape index (κ3) is 5.32. The summed E-state index contributed by atoms with van der Waals surface area (Å²) in [6, 6.07) is 7.34. The Morgan fingerprint density at radius 1 is 1.19 bits per heavy atom. The minimum atomic E-state index is -0.0156. The van der Waals surface area contributed by atoms with Crippen molar-refractivity contribution in [2.45, 2.75) is 31.8 Å². The second-order valence-electron chi connectivity index (χ2n) is 6.86. The van der Waals surface area contributed by atoms with E-state index in [4.69, 9.17) is 16.3 Å². The van der Waals surface area contributed by atoms with Crippen LogP contribution in [0.25, 0.3) is 6.08 Å². The first-order valence-electron chi connectivity index (χ1n) is 9.23. The maximum Gasteiger partial charge on any atom is 0.246 e. The van der Waals surface area contributed by atoms with E-state index >= 15 is 0 Å². The minimum Gasteiger partial charge on any atom is -0.376 e. The number of carbonyl (C=O) groups is 2. The number of nitrogens with zero attached hydrogens (tertiary/aromatic N) is 1. The standard InChI is InChI=1S/C20H25ClN2O3/c21-17-6-3-15(4-7-17)5-8-19(24)23-11-9-16(10-12-23)20(25)22-14-18-2-1-13-26-18/h3-8,16,18H,1-2,9-14H2,(H,22,25)/b8-5+. The summed E-state index contributed by atoms with van der Waals surface area (Å²) in [4.78, 5) is 26.4. The van der Waals surface area contributed by atoms with Crippen molar-refractivity contribution in [2.24, 2.45) is 5.92 Å². The summed E-state index contributed by atoms with van der Waals surface area (Å²) in [5.41, 5.74) is 0.936. The molecular weight excluding hydrogens is 352 g/mol. The van der Waals surface area contributed by atoms with E-state index in [0.29, 0.717) is 37.5 Å². The molecule has 2 saturated heterocycles. The van der Waals surface area contributed by atoms with Gasteiger partial charge in [0.25, 0.3) is 0 Å². The maximum absolute atomic E-state index is 12.3. The molecule has 2 heterocycles. The molecule has 2 aliphatic heterocycles. The molecule has 1 aromatic rings. The van der Waals surface area contributed by atoms with Crippen LogP contribution in [0.2, 0.25) is 5.02 Å². The van der Waals surface area contributed by atoms with Gasteiger partial charge < -0.3 is 15.0 Å². The Balaban J connectivity index is 1.41. The molecule has 3 rings (SSSR count). The molecular formula is C20H25ClN2O3. The molecule has 0 aromatic heterocycles. The van der Waals surface area contributed by atoms with E-state index in [9.17, 15) is 9.59 Å². The summed E-state index contributed by atoms with van der Waals surface area (Å²) in [7, 11) is 0. The lowest BCUT2D eigenvalue weighted by Crippen LogP contribution is -2.43. The quantitative estimate of drug-likeness (QED) is 0.804. The van der Waals surface area contributed by atoms with Gasteiger partial charge >= 0.3 is 0 Å². The van der Waals surface area contributed by atoms with Crippen LogP contribution in [0.1, 0.15) is 31.2 Å². The fourth-order valence-electron chi connectivity index (χ4n) is 3.37. The highest BCUT2D eigenvalue weighted by molar-refractivity contribution is 6.30. The Labute approximate surface area is 159 Å². The van der Waals surface area contributed by atoms with Gasteiger partial charge in [0.05, 0.1) is 6.10 Å². The number of carbonyl (C=O) groups excluding carboxylic acids is 2. The van der Waals surface area contributed by atoms with Crippen LogP contribution >= 0.6 is 11.6 Å². The van der Waals surface area contributed by atoms with E-state index in [0.717, 1.165) is 25.0 Å². The molecule has 1 aromatic carbocycles. The monoisotopic (exact) mass is 376 g/mol. The first kappa shape index (κ1) is 18.9. The smallest absolute Gasteiger partial charge is 0.246 e. The largest absolute Gasteiger partial charge is 0.376 e. The fraction of sp³-hybridized carbons (Fsp3) is 0.500. The van der Waals surface area contributed by atoms with Gasteiger partial charge in [0.15, 0.2) is 0 Å². The highest BCUT2D eigenvalue weighted by atomic mass is 35.5. The van der Waals surface area contributed by atoms with Gasteiger partial charge in [-0.25, -0.2) is 0 Å². The molecule has 2 fully saturated rings. The Hall–Kier alpha value is -1.85. The van der Waals surface area contributed by atoms with Crippen LogP contribution in [0.4, 0.5) is 0 Å². The minimum absolute atomic E-state index is 0.0132. The number of hydrogen-bond donors (Lipinski definition) is 1. The van der Waals surface area contributed by atoms with E-state index in [-0.39, 0.29) is 23.8 Å². The van der Waals surface area contributed by atoms with Gasteiger partial charge in [-0.1, -0.05) is 23.7 Å². The van der Waals surface area contributed by atoms with E-state index in [1.165, 1.54) is 0 Å². The summed E-state index contributed by atoms with van der Waals surface area (Å²) in [6.45, 7) is 2.62. The molecule has 2 amide bonds. The van der Waals surface area contributed by atoms with Crippen molar-refractivity contribution in [1.29, 1.82) is 0 Å². The third-order valence-corrected chi connectivity index (χ3v) is 5.25. The van der Waals surface area contributed by atoms with Gasteiger partial charge in [-0.3, -0.25) is 9.59 Å². The van der Waals surface area contributed by atoms with Crippen molar-refractivity contribution in [3.8, 4) is 0 Å². The Morgan fingerprint density at radius 3 is 2.58 bits per heavy atom. The van der Waals surface area contributed by atoms with Gasteiger partial charge in [-0.05, 0) is 49.5 Å². The lowest BCUT2D eigenvalue weighted by Gasteiger charge is -2.30. The number of piperidine rings is 1. The van der Waals surface area contributed by atoms with Crippen LogP contribution in [-0.2, 0) is 14.3 Å². The lowest BCUT2D eigenvalue weighted by molar-refractivity contribution is -0.132. The van der Waals surface area contributed by atoms with Crippen LogP contribution in [0, 0.1) is 5.92 Å². The second kappa shape index (κ2) is 9.19. The van der Waals surface area contributed by atoms with Gasteiger partial charge in [-0.2, -0.15) is 0 Å². The van der Waals surface area contributed by atoms with Crippen molar-refractivity contribution in [3.05, 3.63) is 40.9 Å². The van der Waals surface area contributed by atoms with Crippen LogP contribution in [0.15, 0.2) is 30.3 Å². The van der Waals surface area contributed by atoms with Crippen molar-refractivity contribution >= 4 is 29.5 Å². The molecule has 0 radical (unpaired) electrons. The first-order valence-corrected chi connectivity index (χ1v) is 9.61. The Morgan fingerprint density at radius 2 is 1.92 bits per heavy atom. The number of benzene rings is 1. The number of hydrogen-bond acceptors (Lipinski definition) is 3. The summed E-state index contributed by atoms with van der Waals surface area (Å²) >= 11 is 5.86. The van der Waals surface area contributed by atoms with E-state index < -0.39 is 0 Å². The maximum atomic E-state index is 12.3.